The maximum absolute atomic E-state index is 13.4. The van der Waals surface area contributed by atoms with E-state index in [1.165, 1.54) is 4.88 Å². The molecule has 1 atom stereocenters. The molecule has 1 amide bonds. The smallest absolute Gasteiger partial charge is 0.259 e. The Balaban J connectivity index is 1.64. The topological polar surface area (TPSA) is 50.7 Å². The van der Waals surface area contributed by atoms with E-state index in [9.17, 15) is 4.79 Å². The van der Waals surface area contributed by atoms with Gasteiger partial charge in [0.05, 0.1) is 5.56 Å². The molecule has 4 rings (SSSR count). The van der Waals surface area contributed by atoms with Gasteiger partial charge in [-0.2, -0.15) is 0 Å². The fraction of sp³-hybridized carbons (Fsp3) is 0.310. The van der Waals surface area contributed by atoms with Gasteiger partial charge < -0.3 is 10.1 Å². The summed E-state index contributed by atoms with van der Waals surface area (Å²) in [5, 5.41) is 3.83. The van der Waals surface area contributed by atoms with E-state index in [1.54, 1.807) is 11.3 Å². The van der Waals surface area contributed by atoms with Crippen molar-refractivity contribution >= 4 is 34.1 Å². The third-order valence-electron chi connectivity index (χ3n) is 6.26. The maximum Gasteiger partial charge on any atom is 0.259 e. The average Bonchev–Trinajstić information content (AvgIpc) is 3.20. The van der Waals surface area contributed by atoms with Gasteiger partial charge in [-0.3, -0.25) is 4.79 Å². The number of nitrogens with zero attached hydrogens (tertiary/aromatic N) is 1. The standard InChI is InChI=1S/C29H30N2O2S/c1-5-17-33-23-14-11-20(12-15-23)19-30-28-26(27(32)31-22-9-7-6-8-10-22)24-16-13-21(29(2,3)4)18-25(24)34-28/h1,6-12,14-15,19,21H,13,16-18H2,2-4H3,(H,31,32)/t21-/m1/s1. The van der Waals surface area contributed by atoms with E-state index >= 15 is 0 Å². The van der Waals surface area contributed by atoms with Crippen molar-refractivity contribution < 1.29 is 9.53 Å². The summed E-state index contributed by atoms with van der Waals surface area (Å²) in [6.07, 6.45) is 10.0. The first kappa shape index (κ1) is 23.8. The molecular formula is C29H30N2O2S. The summed E-state index contributed by atoms with van der Waals surface area (Å²) < 4.78 is 5.44. The Morgan fingerprint density at radius 2 is 1.94 bits per heavy atom. The Morgan fingerprint density at radius 1 is 1.21 bits per heavy atom. The van der Waals surface area contributed by atoms with Gasteiger partial charge >= 0.3 is 0 Å². The molecule has 0 saturated carbocycles. The Morgan fingerprint density at radius 3 is 2.62 bits per heavy atom. The quantitative estimate of drug-likeness (QED) is 0.314. The molecule has 1 N–H and O–H groups in total. The molecule has 0 aliphatic heterocycles. The number of para-hydroxylation sites is 1. The summed E-state index contributed by atoms with van der Waals surface area (Å²) in [4.78, 5) is 19.5. The lowest BCUT2D eigenvalue weighted by Crippen LogP contribution is -2.27. The average molecular weight is 471 g/mol. The summed E-state index contributed by atoms with van der Waals surface area (Å²) in [6, 6.07) is 17.2. The molecule has 1 aliphatic rings. The number of aliphatic imine (C=N–C) groups is 1. The highest BCUT2D eigenvalue weighted by Crippen LogP contribution is 2.45. The van der Waals surface area contributed by atoms with Gasteiger partial charge in [-0.05, 0) is 78.1 Å². The molecule has 3 aromatic rings. The van der Waals surface area contributed by atoms with Crippen LogP contribution in [0, 0.1) is 23.7 Å². The lowest BCUT2D eigenvalue weighted by Gasteiger charge is -2.33. The second-order valence-electron chi connectivity index (χ2n) is 9.63. The van der Waals surface area contributed by atoms with Crippen molar-refractivity contribution in [3.8, 4) is 18.1 Å². The highest BCUT2D eigenvalue weighted by molar-refractivity contribution is 7.16. The van der Waals surface area contributed by atoms with Gasteiger partial charge in [-0.15, -0.1) is 17.8 Å². The zero-order valence-electron chi connectivity index (χ0n) is 19.9. The lowest BCUT2D eigenvalue weighted by atomic mass is 9.72. The predicted molar refractivity (Wildman–Crippen MR) is 142 cm³/mol. The van der Waals surface area contributed by atoms with Crippen molar-refractivity contribution in [3.63, 3.8) is 0 Å². The van der Waals surface area contributed by atoms with Gasteiger partial charge in [-0.1, -0.05) is 44.9 Å². The molecule has 5 heteroatoms. The number of carbonyl (C=O) groups excluding carboxylic acids is 1. The van der Waals surface area contributed by atoms with Crippen molar-refractivity contribution in [2.24, 2.45) is 16.3 Å². The molecule has 0 saturated heterocycles. The van der Waals surface area contributed by atoms with E-state index in [2.05, 4.69) is 32.0 Å². The van der Waals surface area contributed by atoms with E-state index in [0.717, 1.165) is 46.8 Å². The summed E-state index contributed by atoms with van der Waals surface area (Å²) in [6.45, 7) is 7.14. The number of ether oxygens (including phenoxy) is 1. The number of amides is 1. The van der Waals surface area contributed by atoms with Gasteiger partial charge in [0.15, 0.2) is 0 Å². The number of anilines is 1. The van der Waals surface area contributed by atoms with Gasteiger partial charge in [0.1, 0.15) is 17.4 Å². The summed E-state index contributed by atoms with van der Waals surface area (Å²) in [5.74, 6) is 3.68. The summed E-state index contributed by atoms with van der Waals surface area (Å²) in [5.41, 5.74) is 3.82. The molecule has 34 heavy (non-hydrogen) atoms. The highest BCUT2D eigenvalue weighted by Gasteiger charge is 2.33. The molecule has 0 bridgehead atoms. The minimum absolute atomic E-state index is 0.0944. The van der Waals surface area contributed by atoms with Crippen LogP contribution >= 0.6 is 11.3 Å². The SMILES string of the molecule is C#CCOc1ccc(C=Nc2sc3c(c2C(=O)Nc2ccccc2)CC[C@@H](C(C)(C)C)C3)cc1. The predicted octanol–water partition coefficient (Wildman–Crippen LogP) is 6.91. The number of benzene rings is 2. The minimum Gasteiger partial charge on any atom is -0.481 e. The number of fused-ring (bicyclic) bond motifs is 1. The third-order valence-corrected chi connectivity index (χ3v) is 7.43. The first-order valence-electron chi connectivity index (χ1n) is 11.6. The number of carbonyl (C=O) groups is 1. The number of hydrogen-bond donors (Lipinski definition) is 1. The maximum atomic E-state index is 13.4. The number of hydrogen-bond acceptors (Lipinski definition) is 4. The molecule has 1 heterocycles. The lowest BCUT2D eigenvalue weighted by molar-refractivity contribution is 0.102. The molecule has 1 aliphatic carbocycles. The molecule has 174 valence electrons. The molecule has 2 aromatic carbocycles. The van der Waals surface area contributed by atoms with Crippen LogP contribution in [-0.2, 0) is 12.8 Å². The number of nitrogens with one attached hydrogen (secondary N) is 1. The largest absolute Gasteiger partial charge is 0.481 e. The van der Waals surface area contributed by atoms with Crippen LogP contribution in [-0.4, -0.2) is 18.7 Å². The molecule has 4 nitrogen and oxygen atoms in total. The molecule has 0 unspecified atom stereocenters. The first-order valence-corrected chi connectivity index (χ1v) is 12.4. The first-order chi connectivity index (χ1) is 16.3. The van der Waals surface area contributed by atoms with E-state index in [1.807, 2.05) is 60.8 Å². The van der Waals surface area contributed by atoms with E-state index < -0.39 is 0 Å². The van der Waals surface area contributed by atoms with E-state index in [-0.39, 0.29) is 17.9 Å². The Kier molecular flexibility index (Phi) is 7.19. The van der Waals surface area contributed by atoms with Crippen molar-refractivity contribution in [3.05, 3.63) is 76.2 Å². The van der Waals surface area contributed by atoms with Gasteiger partial charge in [-0.25, -0.2) is 4.99 Å². The van der Waals surface area contributed by atoms with E-state index in [0.29, 0.717) is 11.5 Å². The van der Waals surface area contributed by atoms with Crippen LogP contribution in [0.2, 0.25) is 0 Å². The van der Waals surface area contributed by atoms with Crippen molar-refractivity contribution in [2.45, 2.75) is 40.0 Å². The van der Waals surface area contributed by atoms with Gasteiger partial charge in [0.2, 0.25) is 0 Å². The van der Waals surface area contributed by atoms with Crippen molar-refractivity contribution in [1.82, 2.24) is 0 Å². The second-order valence-corrected chi connectivity index (χ2v) is 10.7. The van der Waals surface area contributed by atoms with Crippen LogP contribution in [0.3, 0.4) is 0 Å². The summed E-state index contributed by atoms with van der Waals surface area (Å²) >= 11 is 1.65. The molecule has 0 radical (unpaired) electrons. The van der Waals surface area contributed by atoms with Gasteiger partial charge in [0.25, 0.3) is 5.91 Å². The Hall–Kier alpha value is -3.36. The Bertz CT molecular complexity index is 1210. The zero-order valence-corrected chi connectivity index (χ0v) is 20.7. The minimum atomic E-state index is -0.0944. The molecule has 0 fully saturated rings. The van der Waals surface area contributed by atoms with Crippen molar-refractivity contribution in [2.75, 3.05) is 11.9 Å². The molecule has 0 spiro atoms. The second kappa shape index (κ2) is 10.3. The van der Waals surface area contributed by atoms with Crippen LogP contribution in [0.1, 0.15) is 53.6 Å². The molecule has 1 aromatic heterocycles. The van der Waals surface area contributed by atoms with Crippen molar-refractivity contribution in [1.29, 1.82) is 0 Å². The number of terminal acetylenes is 1. The summed E-state index contributed by atoms with van der Waals surface area (Å²) in [7, 11) is 0. The molecular weight excluding hydrogens is 440 g/mol. The van der Waals surface area contributed by atoms with Crippen LogP contribution in [0.15, 0.2) is 59.6 Å². The van der Waals surface area contributed by atoms with E-state index in [4.69, 9.17) is 16.2 Å². The Labute approximate surface area is 206 Å². The normalized spacial score (nSPS) is 15.5. The number of rotatable bonds is 6. The van der Waals surface area contributed by atoms with Gasteiger partial charge in [0, 0.05) is 16.8 Å². The van der Waals surface area contributed by atoms with Crippen LogP contribution in [0.5, 0.6) is 5.75 Å². The monoisotopic (exact) mass is 470 g/mol. The van der Waals surface area contributed by atoms with Crippen LogP contribution < -0.4 is 10.1 Å². The van der Waals surface area contributed by atoms with Crippen LogP contribution in [0.4, 0.5) is 10.7 Å². The third kappa shape index (κ3) is 5.58. The fourth-order valence-corrected chi connectivity index (χ4v) is 5.53. The zero-order chi connectivity index (χ0) is 24.1. The highest BCUT2D eigenvalue weighted by atomic mass is 32.1. The number of thiophene rings is 1. The van der Waals surface area contributed by atoms with Crippen LogP contribution in [0.25, 0.3) is 0 Å². The fourth-order valence-electron chi connectivity index (χ4n) is 4.26.